The molecule has 1 aliphatic rings. The molecule has 5 heteroatoms. The lowest BCUT2D eigenvalue weighted by Crippen LogP contribution is -2.46. The number of anilines is 2. The molecule has 0 bridgehead atoms. The molecule has 0 aliphatic carbocycles. The Morgan fingerprint density at radius 2 is 1.89 bits per heavy atom. The van der Waals surface area contributed by atoms with Crippen LogP contribution in [-0.4, -0.2) is 34.7 Å². The molecule has 2 aromatic carbocycles. The van der Waals surface area contributed by atoms with Crippen LogP contribution in [0, 0.1) is 0 Å². The minimum atomic E-state index is -0.449. The molecular formula is C23H25N3O2. The molecule has 28 heavy (non-hydrogen) atoms. The summed E-state index contributed by atoms with van der Waals surface area (Å²) >= 11 is 0. The predicted molar refractivity (Wildman–Crippen MR) is 113 cm³/mol. The number of fused-ring (bicyclic) bond motifs is 1. The minimum absolute atomic E-state index is 0.0208. The average Bonchev–Trinajstić information content (AvgIpc) is 2.73. The summed E-state index contributed by atoms with van der Waals surface area (Å²) in [7, 11) is 0. The zero-order valence-electron chi connectivity index (χ0n) is 16.0. The molecule has 0 saturated carbocycles. The van der Waals surface area contributed by atoms with Crippen LogP contribution >= 0.6 is 0 Å². The largest absolute Gasteiger partial charge is 0.391 e. The molecule has 2 N–H and O–H groups in total. The van der Waals surface area contributed by atoms with E-state index < -0.39 is 6.10 Å². The van der Waals surface area contributed by atoms with E-state index in [0.29, 0.717) is 5.56 Å². The Bertz CT molecular complexity index is 972. The molecule has 0 spiro atoms. The number of para-hydroxylation sites is 2. The Morgan fingerprint density at radius 1 is 1.14 bits per heavy atom. The third kappa shape index (κ3) is 3.71. The van der Waals surface area contributed by atoms with Gasteiger partial charge in [0.2, 0.25) is 0 Å². The van der Waals surface area contributed by atoms with Gasteiger partial charge in [-0.1, -0.05) is 36.4 Å². The fourth-order valence-corrected chi connectivity index (χ4v) is 3.96. The van der Waals surface area contributed by atoms with E-state index >= 15 is 0 Å². The van der Waals surface area contributed by atoms with Crippen LogP contribution in [0.4, 0.5) is 11.5 Å². The first kappa shape index (κ1) is 18.4. The standard InChI is InChI=1S/C23H25N3O2/c1-16(27)21-13-7-8-14-26(21)22-15-19(18-11-5-6-12-20(18)25-22)23(28)24-17-9-3-2-4-10-17/h2-6,9-12,15-16,21,27H,7-8,13-14H2,1H3,(H,24,28). The number of carbonyl (C=O) groups excluding carboxylic acids is 1. The number of benzene rings is 2. The SMILES string of the molecule is CC(O)C1CCCCN1c1cc(C(=O)Nc2ccccc2)c2ccccc2n1. The van der Waals surface area contributed by atoms with Gasteiger partial charge in [-0.05, 0) is 50.5 Å². The van der Waals surface area contributed by atoms with E-state index in [4.69, 9.17) is 4.98 Å². The Morgan fingerprint density at radius 3 is 2.68 bits per heavy atom. The van der Waals surface area contributed by atoms with Crippen LogP contribution < -0.4 is 10.2 Å². The summed E-state index contributed by atoms with van der Waals surface area (Å²) in [5.74, 6) is 0.596. The smallest absolute Gasteiger partial charge is 0.256 e. The highest BCUT2D eigenvalue weighted by atomic mass is 16.3. The zero-order chi connectivity index (χ0) is 19.5. The molecule has 4 rings (SSSR count). The number of carbonyl (C=O) groups is 1. The summed E-state index contributed by atoms with van der Waals surface area (Å²) in [6.45, 7) is 2.66. The summed E-state index contributed by atoms with van der Waals surface area (Å²) < 4.78 is 0. The number of amides is 1. The van der Waals surface area contributed by atoms with Crippen LogP contribution in [0.3, 0.4) is 0 Å². The van der Waals surface area contributed by atoms with Gasteiger partial charge in [-0.25, -0.2) is 4.98 Å². The summed E-state index contributed by atoms with van der Waals surface area (Å²) in [4.78, 5) is 20.0. The van der Waals surface area contributed by atoms with E-state index in [1.165, 1.54) is 0 Å². The molecule has 1 saturated heterocycles. The van der Waals surface area contributed by atoms with Gasteiger partial charge in [0.05, 0.1) is 23.2 Å². The van der Waals surface area contributed by atoms with E-state index in [0.717, 1.165) is 48.2 Å². The van der Waals surface area contributed by atoms with E-state index in [2.05, 4.69) is 10.2 Å². The topological polar surface area (TPSA) is 65.5 Å². The lowest BCUT2D eigenvalue weighted by molar-refractivity contribution is 0.102. The van der Waals surface area contributed by atoms with Crippen LogP contribution in [0.15, 0.2) is 60.7 Å². The van der Waals surface area contributed by atoms with E-state index in [9.17, 15) is 9.90 Å². The highest BCUT2D eigenvalue weighted by molar-refractivity contribution is 6.13. The van der Waals surface area contributed by atoms with Crippen molar-refractivity contribution in [3.63, 3.8) is 0 Å². The molecule has 1 fully saturated rings. The van der Waals surface area contributed by atoms with Crippen molar-refractivity contribution in [2.45, 2.75) is 38.3 Å². The Hall–Kier alpha value is -2.92. The first-order valence-electron chi connectivity index (χ1n) is 9.84. The normalized spacial score (nSPS) is 18.1. The zero-order valence-corrected chi connectivity index (χ0v) is 16.0. The fourth-order valence-electron chi connectivity index (χ4n) is 3.96. The molecule has 0 radical (unpaired) electrons. The van der Waals surface area contributed by atoms with Gasteiger partial charge in [-0.15, -0.1) is 0 Å². The van der Waals surface area contributed by atoms with Gasteiger partial charge < -0.3 is 15.3 Å². The van der Waals surface area contributed by atoms with Gasteiger partial charge in [0.15, 0.2) is 0 Å². The number of hydrogen-bond donors (Lipinski definition) is 2. The van der Waals surface area contributed by atoms with E-state index in [1.54, 1.807) is 0 Å². The number of aromatic nitrogens is 1. The molecule has 1 aromatic heterocycles. The number of rotatable bonds is 4. The van der Waals surface area contributed by atoms with Crippen molar-refractivity contribution in [1.29, 1.82) is 0 Å². The van der Waals surface area contributed by atoms with Crippen LogP contribution in [0.2, 0.25) is 0 Å². The summed E-state index contributed by atoms with van der Waals surface area (Å²) in [6.07, 6.45) is 2.64. The second kappa shape index (κ2) is 7.98. The Balaban J connectivity index is 1.76. The van der Waals surface area contributed by atoms with E-state index in [-0.39, 0.29) is 11.9 Å². The molecule has 3 aromatic rings. The van der Waals surface area contributed by atoms with E-state index in [1.807, 2.05) is 67.6 Å². The second-order valence-electron chi connectivity index (χ2n) is 7.36. The summed E-state index contributed by atoms with van der Waals surface area (Å²) in [5, 5.41) is 14.1. The Labute approximate surface area is 165 Å². The average molecular weight is 375 g/mol. The van der Waals surface area contributed by atoms with Crippen LogP contribution in [0.1, 0.15) is 36.5 Å². The second-order valence-corrected chi connectivity index (χ2v) is 7.36. The van der Waals surface area contributed by atoms with Crippen molar-refractivity contribution in [3.05, 3.63) is 66.2 Å². The number of aliphatic hydroxyl groups excluding tert-OH is 1. The third-order valence-corrected chi connectivity index (χ3v) is 5.38. The predicted octanol–water partition coefficient (Wildman–Crippen LogP) is 4.23. The van der Waals surface area contributed by atoms with Gasteiger partial charge in [0.25, 0.3) is 5.91 Å². The Kier molecular flexibility index (Phi) is 5.26. The van der Waals surface area contributed by atoms with Crippen molar-refractivity contribution < 1.29 is 9.90 Å². The van der Waals surface area contributed by atoms with Gasteiger partial charge in [0.1, 0.15) is 5.82 Å². The number of nitrogens with one attached hydrogen (secondary N) is 1. The van der Waals surface area contributed by atoms with Gasteiger partial charge >= 0.3 is 0 Å². The third-order valence-electron chi connectivity index (χ3n) is 5.38. The first-order valence-corrected chi connectivity index (χ1v) is 9.84. The highest BCUT2D eigenvalue weighted by Gasteiger charge is 2.28. The van der Waals surface area contributed by atoms with Crippen LogP contribution in [0.25, 0.3) is 10.9 Å². The van der Waals surface area contributed by atoms with Crippen molar-refractivity contribution in [1.82, 2.24) is 4.98 Å². The monoisotopic (exact) mass is 375 g/mol. The van der Waals surface area contributed by atoms with Crippen molar-refractivity contribution in [2.24, 2.45) is 0 Å². The van der Waals surface area contributed by atoms with Crippen molar-refractivity contribution in [2.75, 3.05) is 16.8 Å². The number of piperidine rings is 1. The summed E-state index contributed by atoms with van der Waals surface area (Å²) in [6, 6.07) is 19.0. The lowest BCUT2D eigenvalue weighted by atomic mass is 9.97. The van der Waals surface area contributed by atoms with Gasteiger partial charge in [-0.2, -0.15) is 0 Å². The molecule has 5 nitrogen and oxygen atoms in total. The number of hydrogen-bond acceptors (Lipinski definition) is 4. The van der Waals surface area contributed by atoms with Crippen LogP contribution in [-0.2, 0) is 0 Å². The summed E-state index contributed by atoms with van der Waals surface area (Å²) in [5.41, 5.74) is 2.14. The number of aliphatic hydroxyl groups is 1. The molecule has 2 heterocycles. The molecule has 144 valence electrons. The maximum Gasteiger partial charge on any atom is 0.256 e. The van der Waals surface area contributed by atoms with Crippen molar-refractivity contribution in [3.8, 4) is 0 Å². The molecule has 1 amide bonds. The molecular weight excluding hydrogens is 350 g/mol. The number of pyridine rings is 1. The molecule has 2 atom stereocenters. The van der Waals surface area contributed by atoms with Crippen molar-refractivity contribution >= 4 is 28.3 Å². The van der Waals surface area contributed by atoms with Gasteiger partial charge in [0, 0.05) is 17.6 Å². The van der Waals surface area contributed by atoms with Gasteiger partial charge in [-0.3, -0.25) is 4.79 Å². The molecule has 1 aliphatic heterocycles. The lowest BCUT2D eigenvalue weighted by Gasteiger charge is -2.38. The quantitative estimate of drug-likeness (QED) is 0.716. The molecule has 2 unspecified atom stereocenters. The maximum atomic E-state index is 13.1. The maximum absolute atomic E-state index is 13.1. The van der Waals surface area contributed by atoms with Crippen LogP contribution in [0.5, 0.6) is 0 Å². The fraction of sp³-hybridized carbons (Fsp3) is 0.304. The minimum Gasteiger partial charge on any atom is -0.391 e. The number of nitrogens with zero attached hydrogens (tertiary/aromatic N) is 2. The highest BCUT2D eigenvalue weighted by Crippen LogP contribution is 2.29. The first-order chi connectivity index (χ1) is 13.6.